The molecule has 0 aliphatic heterocycles. The lowest BCUT2D eigenvalue weighted by molar-refractivity contribution is -0.121. The van der Waals surface area contributed by atoms with Crippen LogP contribution in [0.15, 0.2) is 24.3 Å². The van der Waals surface area contributed by atoms with E-state index >= 15 is 0 Å². The smallest absolute Gasteiger partial charge is 0.220 e. The molecule has 0 atom stereocenters. The monoisotopic (exact) mass is 303 g/mol. The molecule has 3 heteroatoms. The lowest BCUT2D eigenvalue weighted by atomic mass is 9.86. The van der Waals surface area contributed by atoms with E-state index in [1.807, 2.05) is 24.3 Å². The highest BCUT2D eigenvalue weighted by Gasteiger charge is 2.14. The first-order valence-electron chi connectivity index (χ1n) is 7.75. The van der Waals surface area contributed by atoms with E-state index in [0.717, 1.165) is 17.9 Å². The van der Waals surface area contributed by atoms with Gasteiger partial charge in [0.25, 0.3) is 0 Å². The third-order valence-electron chi connectivity index (χ3n) is 3.94. The highest BCUT2D eigenvalue weighted by atomic mass is 35.5. The lowest BCUT2D eigenvalue weighted by Gasteiger charge is -2.20. The Bertz CT molecular complexity index is 524. The summed E-state index contributed by atoms with van der Waals surface area (Å²) in [5.74, 6) is 6.82. The molecule has 0 unspecified atom stereocenters. The lowest BCUT2D eigenvalue weighted by Crippen LogP contribution is -2.24. The predicted molar refractivity (Wildman–Crippen MR) is 87.1 cm³/mol. The fraction of sp³-hybridized carbons (Fsp3) is 0.500. The topological polar surface area (TPSA) is 29.1 Å². The van der Waals surface area contributed by atoms with E-state index in [0.29, 0.717) is 18.0 Å². The van der Waals surface area contributed by atoms with Gasteiger partial charge < -0.3 is 5.32 Å². The van der Waals surface area contributed by atoms with Crippen molar-refractivity contribution in [3.63, 3.8) is 0 Å². The highest BCUT2D eigenvalue weighted by molar-refractivity contribution is 6.30. The van der Waals surface area contributed by atoms with E-state index in [1.54, 1.807) is 0 Å². The fourth-order valence-corrected chi connectivity index (χ4v) is 2.94. The average Bonchev–Trinajstić information content (AvgIpc) is 2.51. The van der Waals surface area contributed by atoms with Crippen LogP contribution < -0.4 is 5.32 Å². The maximum absolute atomic E-state index is 11.8. The van der Waals surface area contributed by atoms with Crippen molar-refractivity contribution >= 4 is 17.5 Å². The van der Waals surface area contributed by atoms with Crippen molar-refractivity contribution in [1.29, 1.82) is 0 Å². The van der Waals surface area contributed by atoms with Gasteiger partial charge in [0.2, 0.25) is 5.91 Å². The second-order valence-corrected chi connectivity index (χ2v) is 6.07. The van der Waals surface area contributed by atoms with Crippen molar-refractivity contribution in [1.82, 2.24) is 5.32 Å². The fourth-order valence-electron chi connectivity index (χ4n) is 2.75. The zero-order valence-corrected chi connectivity index (χ0v) is 13.1. The molecule has 1 aliphatic rings. The Kier molecular flexibility index (Phi) is 6.63. The number of rotatable bonds is 4. The summed E-state index contributed by atoms with van der Waals surface area (Å²) in [4.78, 5) is 11.8. The van der Waals surface area contributed by atoms with Gasteiger partial charge in [0, 0.05) is 17.0 Å². The van der Waals surface area contributed by atoms with Crippen molar-refractivity contribution < 1.29 is 4.79 Å². The first kappa shape index (κ1) is 15.9. The van der Waals surface area contributed by atoms with Crippen LogP contribution in [0.2, 0.25) is 5.02 Å². The molecule has 1 saturated carbocycles. The Morgan fingerprint density at radius 3 is 2.86 bits per heavy atom. The quantitative estimate of drug-likeness (QED) is 0.831. The normalized spacial score (nSPS) is 15.1. The second kappa shape index (κ2) is 8.74. The van der Waals surface area contributed by atoms with E-state index in [1.165, 1.54) is 32.1 Å². The van der Waals surface area contributed by atoms with Crippen molar-refractivity contribution in [2.45, 2.75) is 44.9 Å². The molecular formula is C18H22ClNO. The molecule has 1 aromatic rings. The van der Waals surface area contributed by atoms with Crippen molar-refractivity contribution in [2.75, 3.05) is 6.54 Å². The number of carbonyl (C=O) groups excluding carboxylic acids is 1. The molecule has 1 fully saturated rings. The molecule has 0 aromatic heterocycles. The molecule has 1 aliphatic carbocycles. The molecule has 112 valence electrons. The maximum atomic E-state index is 11.8. The summed E-state index contributed by atoms with van der Waals surface area (Å²) in [6.45, 7) is 0.399. The Labute approximate surface area is 132 Å². The number of nitrogens with one attached hydrogen (secondary N) is 1. The summed E-state index contributed by atoms with van der Waals surface area (Å²) >= 11 is 5.89. The van der Waals surface area contributed by atoms with Gasteiger partial charge in [-0.3, -0.25) is 4.79 Å². The molecule has 21 heavy (non-hydrogen) atoms. The van der Waals surface area contributed by atoms with Gasteiger partial charge in [0.15, 0.2) is 0 Å². The maximum Gasteiger partial charge on any atom is 0.220 e. The second-order valence-electron chi connectivity index (χ2n) is 5.63. The highest BCUT2D eigenvalue weighted by Crippen LogP contribution is 2.27. The Morgan fingerprint density at radius 2 is 2.10 bits per heavy atom. The standard InChI is InChI=1S/C18H22ClNO/c19-17-10-4-8-16(14-17)9-5-13-20-18(21)12-11-15-6-2-1-3-7-15/h4,8,10,14-15H,1-3,6-7,11-13H2,(H,20,21). The van der Waals surface area contributed by atoms with E-state index in [-0.39, 0.29) is 5.91 Å². The van der Waals surface area contributed by atoms with Crippen LogP contribution >= 0.6 is 11.6 Å². The molecule has 1 N–H and O–H groups in total. The van der Waals surface area contributed by atoms with Crippen LogP contribution in [0.5, 0.6) is 0 Å². The Hall–Kier alpha value is -1.46. The van der Waals surface area contributed by atoms with Gasteiger partial charge in [-0.25, -0.2) is 0 Å². The molecule has 0 spiro atoms. The number of halogens is 1. The van der Waals surface area contributed by atoms with Crippen LogP contribution in [0.1, 0.15) is 50.5 Å². The van der Waals surface area contributed by atoms with Gasteiger partial charge in [-0.05, 0) is 30.5 Å². The summed E-state index contributed by atoms with van der Waals surface area (Å²) in [7, 11) is 0. The van der Waals surface area contributed by atoms with Crippen molar-refractivity contribution in [2.24, 2.45) is 5.92 Å². The first-order valence-corrected chi connectivity index (χ1v) is 8.13. The largest absolute Gasteiger partial charge is 0.345 e. The third kappa shape index (κ3) is 6.23. The number of amides is 1. The number of hydrogen-bond acceptors (Lipinski definition) is 1. The zero-order valence-electron chi connectivity index (χ0n) is 12.3. The molecule has 2 rings (SSSR count). The van der Waals surface area contributed by atoms with Crippen LogP contribution in [-0.2, 0) is 4.79 Å². The van der Waals surface area contributed by atoms with Crippen LogP contribution in [0.25, 0.3) is 0 Å². The molecule has 0 heterocycles. The van der Waals surface area contributed by atoms with Crippen LogP contribution in [0, 0.1) is 17.8 Å². The average molecular weight is 304 g/mol. The van der Waals surface area contributed by atoms with E-state index < -0.39 is 0 Å². The predicted octanol–water partition coefficient (Wildman–Crippen LogP) is 4.17. The number of carbonyl (C=O) groups is 1. The molecule has 2 nitrogen and oxygen atoms in total. The van der Waals surface area contributed by atoms with E-state index in [2.05, 4.69) is 17.2 Å². The summed E-state index contributed by atoms with van der Waals surface area (Å²) in [5.41, 5.74) is 0.874. The van der Waals surface area contributed by atoms with Crippen molar-refractivity contribution in [3.05, 3.63) is 34.9 Å². The first-order chi connectivity index (χ1) is 10.2. The van der Waals surface area contributed by atoms with Gasteiger partial charge in [0.1, 0.15) is 0 Å². The minimum Gasteiger partial charge on any atom is -0.345 e. The molecule has 0 radical (unpaired) electrons. The van der Waals surface area contributed by atoms with Gasteiger partial charge in [-0.1, -0.05) is 61.6 Å². The molecule has 1 amide bonds. The summed E-state index contributed by atoms with van der Waals surface area (Å²) in [5, 5.41) is 3.54. The zero-order chi connectivity index (χ0) is 14.9. The Morgan fingerprint density at radius 1 is 1.29 bits per heavy atom. The minimum absolute atomic E-state index is 0.112. The van der Waals surface area contributed by atoms with Gasteiger partial charge >= 0.3 is 0 Å². The summed E-state index contributed by atoms with van der Waals surface area (Å²) in [6.07, 6.45) is 8.26. The van der Waals surface area contributed by atoms with Gasteiger partial charge in [0.05, 0.1) is 6.54 Å². The number of hydrogen-bond donors (Lipinski definition) is 1. The van der Waals surface area contributed by atoms with Crippen molar-refractivity contribution in [3.8, 4) is 11.8 Å². The minimum atomic E-state index is 0.112. The van der Waals surface area contributed by atoms with Gasteiger partial charge in [-0.15, -0.1) is 0 Å². The number of benzene rings is 1. The molecule has 1 aromatic carbocycles. The van der Waals surface area contributed by atoms with E-state index in [9.17, 15) is 4.79 Å². The SMILES string of the molecule is O=C(CCC1CCCCC1)NCC#Cc1cccc(Cl)c1. The summed E-state index contributed by atoms with van der Waals surface area (Å²) in [6, 6.07) is 7.41. The van der Waals surface area contributed by atoms with Crippen LogP contribution in [0.4, 0.5) is 0 Å². The third-order valence-corrected chi connectivity index (χ3v) is 4.17. The summed E-state index contributed by atoms with van der Waals surface area (Å²) < 4.78 is 0. The van der Waals surface area contributed by atoms with E-state index in [4.69, 9.17) is 11.6 Å². The van der Waals surface area contributed by atoms with Crippen LogP contribution in [-0.4, -0.2) is 12.5 Å². The van der Waals surface area contributed by atoms with Gasteiger partial charge in [-0.2, -0.15) is 0 Å². The molecule has 0 bridgehead atoms. The Balaban J connectivity index is 1.65. The molecule has 0 saturated heterocycles. The van der Waals surface area contributed by atoms with Crippen LogP contribution in [0.3, 0.4) is 0 Å². The molecular weight excluding hydrogens is 282 g/mol.